The van der Waals surface area contributed by atoms with E-state index < -0.39 is 0 Å². The van der Waals surface area contributed by atoms with Gasteiger partial charge in [-0.25, -0.2) is 4.98 Å². The number of aryl methyl sites for hydroxylation is 1. The summed E-state index contributed by atoms with van der Waals surface area (Å²) >= 11 is 0. The van der Waals surface area contributed by atoms with E-state index in [1.54, 1.807) is 0 Å². The average molecular weight is 241 g/mol. The molecule has 1 N–H and O–H groups in total. The predicted octanol–water partition coefficient (Wildman–Crippen LogP) is 2.58. The minimum Gasteiger partial charge on any atom is -0.337 e. The molecule has 0 aliphatic carbocycles. The molecule has 0 fully saturated rings. The molecule has 1 aromatic carbocycles. The Morgan fingerprint density at radius 2 is 2.11 bits per heavy atom. The van der Waals surface area contributed by atoms with Gasteiger partial charge in [-0.3, -0.25) is 0 Å². The van der Waals surface area contributed by atoms with Crippen LogP contribution in [0, 0.1) is 0 Å². The van der Waals surface area contributed by atoms with Gasteiger partial charge in [-0.2, -0.15) is 0 Å². The third-order valence-electron chi connectivity index (χ3n) is 2.70. The van der Waals surface area contributed by atoms with Crippen molar-refractivity contribution in [3.63, 3.8) is 0 Å². The Bertz CT molecular complexity index is 446. The molecule has 2 rings (SSSR count). The molecule has 0 amide bonds. The van der Waals surface area contributed by atoms with Crippen molar-refractivity contribution in [3.8, 4) is 0 Å². The second-order valence-electron chi connectivity index (χ2n) is 4.17. The van der Waals surface area contributed by atoms with Gasteiger partial charge in [0.15, 0.2) is 0 Å². The molecule has 0 unspecified atom stereocenters. The molecule has 0 aliphatic rings. The van der Waals surface area contributed by atoms with E-state index in [1.807, 2.05) is 24.8 Å². The maximum atomic E-state index is 4.02. The van der Waals surface area contributed by atoms with Gasteiger partial charge >= 0.3 is 0 Å². The van der Waals surface area contributed by atoms with Crippen molar-refractivity contribution in [3.05, 3.63) is 60.7 Å². The van der Waals surface area contributed by atoms with Crippen molar-refractivity contribution >= 4 is 6.08 Å². The molecule has 0 bridgehead atoms. The van der Waals surface area contributed by atoms with E-state index in [4.69, 9.17) is 0 Å². The van der Waals surface area contributed by atoms with Gasteiger partial charge in [0.05, 0.1) is 6.33 Å². The van der Waals surface area contributed by atoms with Crippen molar-refractivity contribution in [1.29, 1.82) is 0 Å². The summed E-state index contributed by atoms with van der Waals surface area (Å²) in [6.07, 6.45) is 11.1. The molecule has 2 aromatic rings. The molecular weight excluding hydrogens is 222 g/mol. The van der Waals surface area contributed by atoms with Gasteiger partial charge in [0, 0.05) is 25.5 Å². The number of benzene rings is 1. The third-order valence-corrected chi connectivity index (χ3v) is 2.70. The Labute approximate surface area is 108 Å². The van der Waals surface area contributed by atoms with Crippen molar-refractivity contribution < 1.29 is 0 Å². The fourth-order valence-corrected chi connectivity index (χ4v) is 1.75. The summed E-state index contributed by atoms with van der Waals surface area (Å²) in [6.45, 7) is 2.96. The van der Waals surface area contributed by atoms with E-state index in [2.05, 4.69) is 51.3 Å². The van der Waals surface area contributed by atoms with Crippen molar-refractivity contribution in [2.75, 3.05) is 13.1 Å². The van der Waals surface area contributed by atoms with Crippen LogP contribution in [-0.2, 0) is 6.54 Å². The van der Waals surface area contributed by atoms with E-state index in [-0.39, 0.29) is 0 Å². The summed E-state index contributed by atoms with van der Waals surface area (Å²) in [7, 11) is 0. The van der Waals surface area contributed by atoms with Gasteiger partial charge in [0.1, 0.15) is 0 Å². The van der Waals surface area contributed by atoms with Crippen molar-refractivity contribution in [2.45, 2.75) is 13.0 Å². The van der Waals surface area contributed by atoms with Crippen LogP contribution in [0.25, 0.3) is 6.08 Å². The summed E-state index contributed by atoms with van der Waals surface area (Å²) < 4.78 is 2.10. The molecule has 1 heterocycles. The first kappa shape index (κ1) is 12.6. The van der Waals surface area contributed by atoms with Crippen LogP contribution in [0.4, 0.5) is 0 Å². The van der Waals surface area contributed by atoms with Crippen molar-refractivity contribution in [2.24, 2.45) is 0 Å². The van der Waals surface area contributed by atoms with E-state index in [0.29, 0.717) is 0 Å². The highest BCUT2D eigenvalue weighted by Gasteiger charge is 1.89. The van der Waals surface area contributed by atoms with E-state index in [9.17, 15) is 0 Å². The molecule has 18 heavy (non-hydrogen) atoms. The van der Waals surface area contributed by atoms with Crippen LogP contribution in [0.1, 0.15) is 12.0 Å². The molecule has 0 atom stereocenters. The molecule has 1 aromatic heterocycles. The molecule has 3 heteroatoms. The lowest BCUT2D eigenvalue weighted by Gasteiger charge is -2.02. The quantitative estimate of drug-likeness (QED) is 0.755. The normalized spacial score (nSPS) is 11.1. The van der Waals surface area contributed by atoms with Crippen LogP contribution in [0.3, 0.4) is 0 Å². The Balaban J connectivity index is 1.55. The molecule has 3 nitrogen and oxygen atoms in total. The first-order valence-electron chi connectivity index (χ1n) is 6.33. The standard InChI is InChI=1S/C15H19N3/c1-2-6-15(7-3-1)8-4-9-16-10-5-12-18-13-11-17-14-18/h1-4,6-8,11,13-14,16H,5,9-10,12H2. The second-order valence-corrected chi connectivity index (χ2v) is 4.17. The minimum absolute atomic E-state index is 0.915. The molecule has 0 radical (unpaired) electrons. The lowest BCUT2D eigenvalue weighted by atomic mass is 10.2. The Morgan fingerprint density at radius 1 is 1.22 bits per heavy atom. The van der Waals surface area contributed by atoms with Gasteiger partial charge in [-0.05, 0) is 18.5 Å². The highest BCUT2D eigenvalue weighted by molar-refractivity contribution is 5.48. The van der Waals surface area contributed by atoms with E-state index in [0.717, 1.165) is 26.1 Å². The molecule has 0 saturated carbocycles. The predicted molar refractivity (Wildman–Crippen MR) is 75.2 cm³/mol. The fourth-order valence-electron chi connectivity index (χ4n) is 1.75. The summed E-state index contributed by atoms with van der Waals surface area (Å²) in [6, 6.07) is 10.4. The summed E-state index contributed by atoms with van der Waals surface area (Å²) in [5.41, 5.74) is 1.25. The zero-order valence-electron chi connectivity index (χ0n) is 10.5. The average Bonchev–Trinajstić information content (AvgIpc) is 2.92. The lowest BCUT2D eigenvalue weighted by molar-refractivity contribution is 0.600. The van der Waals surface area contributed by atoms with Gasteiger partial charge < -0.3 is 9.88 Å². The second kappa shape index (κ2) is 7.45. The highest BCUT2D eigenvalue weighted by atomic mass is 15.0. The van der Waals surface area contributed by atoms with Crippen molar-refractivity contribution in [1.82, 2.24) is 14.9 Å². The number of nitrogens with zero attached hydrogens (tertiary/aromatic N) is 2. The molecule has 94 valence electrons. The Kier molecular flexibility index (Phi) is 5.21. The summed E-state index contributed by atoms with van der Waals surface area (Å²) in [4.78, 5) is 4.02. The number of imidazole rings is 1. The first-order chi connectivity index (χ1) is 8.95. The third kappa shape index (κ3) is 4.55. The number of nitrogens with one attached hydrogen (secondary N) is 1. The number of hydrogen-bond acceptors (Lipinski definition) is 2. The zero-order valence-corrected chi connectivity index (χ0v) is 10.5. The van der Waals surface area contributed by atoms with E-state index >= 15 is 0 Å². The lowest BCUT2D eigenvalue weighted by Crippen LogP contribution is -2.16. The Morgan fingerprint density at radius 3 is 2.89 bits per heavy atom. The summed E-state index contributed by atoms with van der Waals surface area (Å²) in [5.74, 6) is 0. The van der Waals surface area contributed by atoms with Crippen LogP contribution in [0.15, 0.2) is 55.1 Å². The van der Waals surface area contributed by atoms with Crippen LogP contribution in [-0.4, -0.2) is 22.6 Å². The number of hydrogen-bond donors (Lipinski definition) is 1. The largest absolute Gasteiger partial charge is 0.337 e. The zero-order chi connectivity index (χ0) is 12.5. The smallest absolute Gasteiger partial charge is 0.0945 e. The maximum absolute atomic E-state index is 4.02. The van der Waals surface area contributed by atoms with Crippen LogP contribution in [0.5, 0.6) is 0 Å². The van der Waals surface area contributed by atoms with Crippen LogP contribution >= 0.6 is 0 Å². The van der Waals surface area contributed by atoms with E-state index in [1.165, 1.54) is 5.56 Å². The number of rotatable bonds is 7. The molecular formula is C15H19N3. The molecule has 0 saturated heterocycles. The highest BCUT2D eigenvalue weighted by Crippen LogP contribution is 1.99. The van der Waals surface area contributed by atoms with Gasteiger partial charge in [-0.15, -0.1) is 0 Å². The van der Waals surface area contributed by atoms with Gasteiger partial charge in [0.25, 0.3) is 0 Å². The Hall–Kier alpha value is -1.87. The topological polar surface area (TPSA) is 29.9 Å². The summed E-state index contributed by atoms with van der Waals surface area (Å²) in [5, 5.41) is 3.40. The molecule has 0 spiro atoms. The van der Waals surface area contributed by atoms with Crippen LogP contribution in [0.2, 0.25) is 0 Å². The maximum Gasteiger partial charge on any atom is 0.0945 e. The monoisotopic (exact) mass is 241 g/mol. The minimum atomic E-state index is 0.915. The van der Waals surface area contributed by atoms with Gasteiger partial charge in [0.2, 0.25) is 0 Å². The van der Waals surface area contributed by atoms with Gasteiger partial charge in [-0.1, -0.05) is 42.5 Å². The van der Waals surface area contributed by atoms with Crippen LogP contribution < -0.4 is 5.32 Å². The molecule has 0 aliphatic heterocycles. The first-order valence-corrected chi connectivity index (χ1v) is 6.33. The fraction of sp³-hybridized carbons (Fsp3) is 0.267. The number of aromatic nitrogens is 2. The SMILES string of the molecule is C(=Cc1ccccc1)CNCCCn1ccnc1.